The van der Waals surface area contributed by atoms with E-state index in [1.165, 1.54) is 0 Å². The molecule has 0 saturated carbocycles. The maximum Gasteiger partial charge on any atom is 0.420 e. The Balaban J connectivity index is 3.33. The fourth-order valence-electron chi connectivity index (χ4n) is 3.52. The average Bonchev–Trinajstić information content (AvgIpc) is 2.71. The maximum atomic E-state index is 13.4. The zero-order valence-corrected chi connectivity index (χ0v) is 23.5. The number of esters is 1. The molecule has 4 atom stereocenters. The summed E-state index contributed by atoms with van der Waals surface area (Å²) < 4.78 is 28.8. The van der Waals surface area contributed by atoms with Crippen LogP contribution in [0.5, 0.6) is 0 Å². The molecule has 1 fully saturated rings. The Bertz CT molecular complexity index is 780. The minimum atomic E-state index is -1.24. The molecule has 0 aromatic rings. The molecule has 1 rings (SSSR count). The van der Waals surface area contributed by atoms with Gasteiger partial charge >= 0.3 is 18.2 Å². The maximum absolute atomic E-state index is 13.4. The molecule has 4 unspecified atom stereocenters. The summed E-state index contributed by atoms with van der Waals surface area (Å²) in [6, 6.07) is -1.24. The first kappa shape index (κ1) is 31.6. The number of amides is 2. The van der Waals surface area contributed by atoms with Gasteiger partial charge in [-0.25, -0.2) is 14.4 Å². The van der Waals surface area contributed by atoms with E-state index in [4.69, 9.17) is 23.7 Å². The highest BCUT2D eigenvalue weighted by molar-refractivity contribution is 5.94. The average molecular weight is 512 g/mol. The molecule has 206 valence electrons. The third-order valence-electron chi connectivity index (χ3n) is 4.93. The molecule has 9 heteroatoms. The van der Waals surface area contributed by atoms with Crippen molar-refractivity contribution in [2.45, 2.75) is 117 Å². The van der Waals surface area contributed by atoms with Crippen molar-refractivity contribution in [3.63, 3.8) is 0 Å². The lowest BCUT2D eigenvalue weighted by atomic mass is 10.0. The van der Waals surface area contributed by atoms with Crippen LogP contribution >= 0.6 is 0 Å². The summed E-state index contributed by atoms with van der Waals surface area (Å²) in [5.74, 6) is -0.747. The second-order valence-electron chi connectivity index (χ2n) is 11.5. The van der Waals surface area contributed by atoms with Crippen LogP contribution in [0, 0.1) is 0 Å². The van der Waals surface area contributed by atoms with E-state index in [1.807, 2.05) is 13.8 Å². The van der Waals surface area contributed by atoms with E-state index in [1.54, 1.807) is 48.5 Å². The molecular weight excluding hydrogens is 466 g/mol. The van der Waals surface area contributed by atoms with E-state index >= 15 is 0 Å². The first-order chi connectivity index (χ1) is 16.4. The molecule has 1 heterocycles. The van der Waals surface area contributed by atoms with E-state index < -0.39 is 53.7 Å². The predicted molar refractivity (Wildman–Crippen MR) is 137 cm³/mol. The van der Waals surface area contributed by atoms with Crippen LogP contribution < -0.4 is 0 Å². The highest BCUT2D eigenvalue weighted by atomic mass is 16.6. The van der Waals surface area contributed by atoms with Crippen molar-refractivity contribution < 1.29 is 38.1 Å². The second kappa shape index (κ2) is 13.2. The van der Waals surface area contributed by atoms with Crippen LogP contribution in [0.3, 0.4) is 0 Å². The van der Waals surface area contributed by atoms with Crippen LogP contribution in [0.15, 0.2) is 24.3 Å². The third-order valence-corrected chi connectivity index (χ3v) is 4.93. The SMILES string of the molecule is C=C(C)COC1CCCC(N(C(=O)OC(C)(C)C)C(=O)OC(C)(C)C)C(=O)OC(C)C1OCC(=C)C. The van der Waals surface area contributed by atoms with Crippen molar-refractivity contribution >= 4 is 18.2 Å². The molecule has 0 radical (unpaired) electrons. The minimum absolute atomic E-state index is 0.143. The lowest BCUT2D eigenvalue weighted by Crippen LogP contribution is -2.53. The molecule has 36 heavy (non-hydrogen) atoms. The van der Waals surface area contributed by atoms with Crippen molar-refractivity contribution in [2.75, 3.05) is 13.2 Å². The van der Waals surface area contributed by atoms with E-state index in [9.17, 15) is 14.4 Å². The molecule has 0 bridgehead atoms. The second-order valence-corrected chi connectivity index (χ2v) is 11.5. The van der Waals surface area contributed by atoms with Gasteiger partial charge in [0.05, 0.1) is 19.3 Å². The van der Waals surface area contributed by atoms with Gasteiger partial charge in [0.25, 0.3) is 0 Å². The van der Waals surface area contributed by atoms with Crippen molar-refractivity contribution in [1.82, 2.24) is 4.90 Å². The van der Waals surface area contributed by atoms with Crippen LogP contribution in [0.1, 0.15) is 81.6 Å². The van der Waals surface area contributed by atoms with Gasteiger partial charge < -0.3 is 23.7 Å². The number of cyclic esters (lactones) is 1. The number of ether oxygens (including phenoxy) is 5. The van der Waals surface area contributed by atoms with Gasteiger partial charge in [-0.3, -0.25) is 0 Å². The summed E-state index contributed by atoms with van der Waals surface area (Å²) in [5.41, 5.74) is -0.130. The first-order valence-corrected chi connectivity index (χ1v) is 12.4. The summed E-state index contributed by atoms with van der Waals surface area (Å²) in [4.78, 5) is 40.3. The number of hydrogen-bond donors (Lipinski definition) is 0. The molecule has 0 spiro atoms. The zero-order chi connectivity index (χ0) is 27.8. The standard InChI is InChI=1S/C27H45NO8/c1-17(2)15-32-21-14-12-13-20(23(29)34-19(5)22(21)33-16-18(3)4)28(24(30)35-26(6,7)8)25(31)36-27(9,10)11/h19-22H,1,3,12-16H2,2,4-11H3. The van der Waals surface area contributed by atoms with Gasteiger partial charge in [-0.1, -0.05) is 24.3 Å². The van der Waals surface area contributed by atoms with Gasteiger partial charge in [-0.15, -0.1) is 0 Å². The smallest absolute Gasteiger partial charge is 0.420 e. The summed E-state index contributed by atoms with van der Waals surface area (Å²) in [7, 11) is 0. The topological polar surface area (TPSA) is 101 Å². The minimum Gasteiger partial charge on any atom is -0.458 e. The van der Waals surface area contributed by atoms with Crippen LogP contribution in [-0.2, 0) is 28.5 Å². The van der Waals surface area contributed by atoms with Gasteiger partial charge in [0.1, 0.15) is 29.5 Å². The Morgan fingerprint density at radius 1 is 0.917 bits per heavy atom. The monoisotopic (exact) mass is 511 g/mol. The molecule has 2 amide bonds. The number of rotatable bonds is 7. The van der Waals surface area contributed by atoms with Crippen LogP contribution in [0.4, 0.5) is 9.59 Å². The number of hydrogen-bond acceptors (Lipinski definition) is 8. The highest BCUT2D eigenvalue weighted by Gasteiger charge is 2.43. The summed E-state index contributed by atoms with van der Waals surface area (Å²) in [6.45, 7) is 23.8. The quantitative estimate of drug-likeness (QED) is 0.249. The molecule has 0 N–H and O–H groups in total. The normalized spacial score (nSPS) is 23.4. The molecule has 1 aliphatic rings. The number of nitrogens with zero attached hydrogens (tertiary/aromatic N) is 1. The number of imide groups is 1. The lowest BCUT2D eigenvalue weighted by molar-refractivity contribution is -0.168. The molecule has 0 aromatic heterocycles. The third kappa shape index (κ3) is 11.1. The summed E-state index contributed by atoms with van der Waals surface area (Å²) in [5, 5.41) is 0. The lowest BCUT2D eigenvalue weighted by Gasteiger charge is -2.33. The fourth-order valence-corrected chi connectivity index (χ4v) is 3.52. The van der Waals surface area contributed by atoms with Crippen molar-refractivity contribution in [3.8, 4) is 0 Å². The molecule has 0 aromatic carbocycles. The molecule has 1 saturated heterocycles. The first-order valence-electron chi connectivity index (χ1n) is 12.4. The van der Waals surface area contributed by atoms with E-state index in [0.29, 0.717) is 19.4 Å². The Hall–Kier alpha value is -2.39. The summed E-state index contributed by atoms with van der Waals surface area (Å²) >= 11 is 0. The van der Waals surface area contributed by atoms with E-state index in [0.717, 1.165) is 16.0 Å². The zero-order valence-electron chi connectivity index (χ0n) is 23.5. The highest BCUT2D eigenvalue weighted by Crippen LogP contribution is 2.26. The van der Waals surface area contributed by atoms with E-state index in [-0.39, 0.29) is 13.0 Å². The fraction of sp³-hybridized carbons (Fsp3) is 0.741. The van der Waals surface area contributed by atoms with Crippen LogP contribution in [0.2, 0.25) is 0 Å². The molecular formula is C27H45NO8. The summed E-state index contributed by atoms with van der Waals surface area (Å²) in [6.07, 6.45) is -2.58. The van der Waals surface area contributed by atoms with Gasteiger partial charge in [-0.2, -0.15) is 4.90 Å². The number of carbonyl (C=O) groups excluding carboxylic acids is 3. The van der Waals surface area contributed by atoms with Gasteiger partial charge in [0.2, 0.25) is 0 Å². The molecule has 0 aliphatic carbocycles. The Kier molecular flexibility index (Phi) is 11.6. The predicted octanol–water partition coefficient (Wildman–Crippen LogP) is 5.57. The van der Waals surface area contributed by atoms with Crippen molar-refractivity contribution in [2.24, 2.45) is 0 Å². The van der Waals surface area contributed by atoms with Crippen LogP contribution in [-0.4, -0.2) is 71.8 Å². The number of carbonyl (C=O) groups is 3. The molecule has 9 nitrogen and oxygen atoms in total. The van der Waals surface area contributed by atoms with Crippen molar-refractivity contribution in [1.29, 1.82) is 0 Å². The van der Waals surface area contributed by atoms with Gasteiger partial charge in [0.15, 0.2) is 0 Å². The Labute approximate surface area is 216 Å². The van der Waals surface area contributed by atoms with E-state index in [2.05, 4.69) is 13.2 Å². The largest absolute Gasteiger partial charge is 0.458 e. The van der Waals surface area contributed by atoms with Gasteiger partial charge in [0, 0.05) is 0 Å². The van der Waals surface area contributed by atoms with Gasteiger partial charge in [-0.05, 0) is 81.6 Å². The Morgan fingerprint density at radius 3 is 1.83 bits per heavy atom. The van der Waals surface area contributed by atoms with Crippen molar-refractivity contribution in [3.05, 3.63) is 24.3 Å². The van der Waals surface area contributed by atoms with Crippen LogP contribution in [0.25, 0.3) is 0 Å². The molecule has 1 aliphatic heterocycles. The Morgan fingerprint density at radius 2 is 1.39 bits per heavy atom.